The molecule has 0 saturated carbocycles. The van der Waals surface area contributed by atoms with Crippen molar-refractivity contribution in [1.29, 1.82) is 0 Å². The minimum absolute atomic E-state index is 0.0657. The molecule has 0 radical (unpaired) electrons. The van der Waals surface area contributed by atoms with Crippen LogP contribution in [0.1, 0.15) is 30.9 Å². The smallest absolute Gasteiger partial charge is 0.0626 e. The van der Waals surface area contributed by atoms with Crippen LogP contribution in [0, 0.1) is 0 Å². The number of likely N-dealkylation sites (tertiary alicyclic amines) is 1. The first-order chi connectivity index (χ1) is 8.90. The maximum atomic E-state index is 9.44. The number of nitrogens with one attached hydrogen (secondary N) is 1. The van der Waals surface area contributed by atoms with Crippen molar-refractivity contribution in [1.82, 2.24) is 10.2 Å². The first-order valence-corrected chi connectivity index (χ1v) is 7.01. The third-order valence-electron chi connectivity index (χ3n) is 3.65. The van der Waals surface area contributed by atoms with E-state index in [0.717, 1.165) is 13.1 Å². The maximum absolute atomic E-state index is 9.44. The molecule has 0 bridgehead atoms. The number of benzene rings is 1. The molecule has 0 spiro atoms. The summed E-state index contributed by atoms with van der Waals surface area (Å²) in [6, 6.07) is 10.2. The molecule has 18 heavy (non-hydrogen) atoms. The number of aliphatic hydroxyl groups is 1. The predicted octanol–water partition coefficient (Wildman–Crippen LogP) is 1.80. The van der Waals surface area contributed by atoms with Crippen LogP contribution in [0.3, 0.4) is 0 Å². The average molecular weight is 248 g/mol. The fourth-order valence-corrected chi connectivity index (χ4v) is 2.55. The van der Waals surface area contributed by atoms with Crippen molar-refractivity contribution < 1.29 is 5.11 Å². The lowest BCUT2D eigenvalue weighted by atomic mass is 10.1. The van der Waals surface area contributed by atoms with Crippen LogP contribution in [0.25, 0.3) is 0 Å². The van der Waals surface area contributed by atoms with Gasteiger partial charge in [0.1, 0.15) is 0 Å². The molecule has 1 saturated heterocycles. The Morgan fingerprint density at radius 3 is 2.50 bits per heavy atom. The Labute approximate surface area is 110 Å². The molecule has 0 aromatic heterocycles. The highest BCUT2D eigenvalue weighted by Crippen LogP contribution is 2.12. The van der Waals surface area contributed by atoms with Gasteiger partial charge < -0.3 is 15.3 Å². The largest absolute Gasteiger partial charge is 0.394 e. The second-order valence-electron chi connectivity index (χ2n) is 5.00. The first-order valence-electron chi connectivity index (χ1n) is 7.01. The van der Waals surface area contributed by atoms with Crippen molar-refractivity contribution in [2.75, 3.05) is 32.8 Å². The quantitative estimate of drug-likeness (QED) is 0.806. The molecule has 1 aliphatic rings. The van der Waals surface area contributed by atoms with Crippen LogP contribution in [-0.2, 0) is 0 Å². The van der Waals surface area contributed by atoms with Gasteiger partial charge in [-0.1, -0.05) is 36.8 Å². The molecule has 0 aliphatic carbocycles. The third kappa shape index (κ3) is 4.09. The van der Waals surface area contributed by atoms with Gasteiger partial charge in [-0.2, -0.15) is 0 Å². The SMILES string of the molecule is OCC(NCCN1CCCCC1)c1ccccc1. The zero-order valence-corrected chi connectivity index (χ0v) is 11.0. The van der Waals surface area contributed by atoms with Crippen LogP contribution in [0.15, 0.2) is 30.3 Å². The molecule has 3 nitrogen and oxygen atoms in total. The summed E-state index contributed by atoms with van der Waals surface area (Å²) in [5.74, 6) is 0. The minimum atomic E-state index is 0.0657. The molecule has 1 aliphatic heterocycles. The topological polar surface area (TPSA) is 35.5 Å². The number of hydrogen-bond acceptors (Lipinski definition) is 3. The molecule has 1 aromatic rings. The van der Waals surface area contributed by atoms with Crippen LogP contribution in [0.4, 0.5) is 0 Å². The van der Waals surface area contributed by atoms with E-state index in [-0.39, 0.29) is 12.6 Å². The molecule has 0 amide bonds. The van der Waals surface area contributed by atoms with Crippen molar-refractivity contribution in [2.24, 2.45) is 0 Å². The van der Waals surface area contributed by atoms with Gasteiger partial charge in [0.15, 0.2) is 0 Å². The van der Waals surface area contributed by atoms with Crippen molar-refractivity contribution in [3.63, 3.8) is 0 Å². The third-order valence-corrected chi connectivity index (χ3v) is 3.65. The summed E-state index contributed by atoms with van der Waals surface area (Å²) >= 11 is 0. The van der Waals surface area contributed by atoms with Gasteiger partial charge >= 0.3 is 0 Å². The Balaban J connectivity index is 1.73. The molecular weight excluding hydrogens is 224 g/mol. The van der Waals surface area contributed by atoms with Gasteiger partial charge in [-0.3, -0.25) is 0 Å². The molecule has 1 atom stereocenters. The van der Waals surface area contributed by atoms with Crippen molar-refractivity contribution in [3.05, 3.63) is 35.9 Å². The summed E-state index contributed by atoms with van der Waals surface area (Å²) in [7, 11) is 0. The van der Waals surface area contributed by atoms with Gasteiger partial charge in [0.2, 0.25) is 0 Å². The summed E-state index contributed by atoms with van der Waals surface area (Å²) in [5, 5.41) is 12.9. The highest BCUT2D eigenvalue weighted by Gasteiger charge is 2.12. The van der Waals surface area contributed by atoms with Gasteiger partial charge in [0.05, 0.1) is 12.6 Å². The number of aliphatic hydroxyl groups excluding tert-OH is 1. The number of rotatable bonds is 6. The van der Waals surface area contributed by atoms with Crippen LogP contribution in [0.2, 0.25) is 0 Å². The van der Waals surface area contributed by atoms with E-state index in [9.17, 15) is 5.11 Å². The molecule has 2 rings (SSSR count). The van der Waals surface area contributed by atoms with E-state index in [2.05, 4.69) is 22.3 Å². The molecule has 1 unspecified atom stereocenters. The Hall–Kier alpha value is -0.900. The summed E-state index contributed by atoms with van der Waals surface area (Å²) in [5.41, 5.74) is 1.17. The van der Waals surface area contributed by atoms with E-state index in [0.29, 0.717) is 0 Å². The molecule has 2 N–H and O–H groups in total. The zero-order valence-electron chi connectivity index (χ0n) is 11.0. The van der Waals surface area contributed by atoms with Gasteiger partial charge in [0, 0.05) is 13.1 Å². The monoisotopic (exact) mass is 248 g/mol. The standard InChI is InChI=1S/C15H24N2O/c18-13-15(14-7-3-1-4-8-14)16-9-12-17-10-5-2-6-11-17/h1,3-4,7-8,15-16,18H,2,5-6,9-13H2. The zero-order chi connectivity index (χ0) is 12.6. The maximum Gasteiger partial charge on any atom is 0.0626 e. The normalized spacial score (nSPS) is 18.7. The summed E-state index contributed by atoms with van der Waals surface area (Å²) in [6.07, 6.45) is 4.05. The summed E-state index contributed by atoms with van der Waals surface area (Å²) in [4.78, 5) is 2.51. The fraction of sp³-hybridized carbons (Fsp3) is 0.600. The Morgan fingerprint density at radius 1 is 1.11 bits per heavy atom. The molecule has 1 fully saturated rings. The van der Waals surface area contributed by atoms with E-state index in [1.54, 1.807) is 0 Å². The number of piperidine rings is 1. The summed E-state index contributed by atoms with van der Waals surface area (Å²) < 4.78 is 0. The van der Waals surface area contributed by atoms with E-state index >= 15 is 0 Å². The second-order valence-corrected chi connectivity index (χ2v) is 5.00. The Kier molecular flexibility index (Phi) is 5.65. The van der Waals surface area contributed by atoms with E-state index < -0.39 is 0 Å². The lowest BCUT2D eigenvalue weighted by Crippen LogP contribution is -2.37. The average Bonchev–Trinajstić information content (AvgIpc) is 2.46. The molecular formula is C15H24N2O. The second kappa shape index (κ2) is 7.52. The summed E-state index contributed by atoms with van der Waals surface area (Å²) in [6.45, 7) is 4.65. The Bertz CT molecular complexity index is 323. The highest BCUT2D eigenvalue weighted by atomic mass is 16.3. The highest BCUT2D eigenvalue weighted by molar-refractivity contribution is 5.18. The van der Waals surface area contributed by atoms with Crippen LogP contribution >= 0.6 is 0 Å². The van der Waals surface area contributed by atoms with Gasteiger partial charge in [-0.05, 0) is 31.5 Å². The molecule has 100 valence electrons. The van der Waals surface area contributed by atoms with Crippen molar-refractivity contribution >= 4 is 0 Å². The fourth-order valence-electron chi connectivity index (χ4n) is 2.55. The Morgan fingerprint density at radius 2 is 1.83 bits per heavy atom. The van der Waals surface area contributed by atoms with Crippen molar-refractivity contribution in [2.45, 2.75) is 25.3 Å². The molecule has 1 heterocycles. The molecule has 1 aromatic carbocycles. The number of hydrogen-bond donors (Lipinski definition) is 2. The van der Waals surface area contributed by atoms with Crippen LogP contribution in [-0.4, -0.2) is 42.8 Å². The van der Waals surface area contributed by atoms with Crippen LogP contribution < -0.4 is 5.32 Å². The van der Waals surface area contributed by atoms with E-state index in [4.69, 9.17) is 0 Å². The van der Waals surface area contributed by atoms with Gasteiger partial charge in [-0.15, -0.1) is 0 Å². The van der Waals surface area contributed by atoms with E-state index in [1.165, 1.54) is 37.9 Å². The predicted molar refractivity (Wildman–Crippen MR) is 74.6 cm³/mol. The molecule has 3 heteroatoms. The van der Waals surface area contributed by atoms with E-state index in [1.807, 2.05) is 18.2 Å². The number of nitrogens with zero attached hydrogens (tertiary/aromatic N) is 1. The van der Waals surface area contributed by atoms with Gasteiger partial charge in [-0.25, -0.2) is 0 Å². The lowest BCUT2D eigenvalue weighted by Gasteiger charge is -2.27. The first kappa shape index (κ1) is 13.5. The van der Waals surface area contributed by atoms with Gasteiger partial charge in [0.25, 0.3) is 0 Å². The minimum Gasteiger partial charge on any atom is -0.394 e. The lowest BCUT2D eigenvalue weighted by molar-refractivity contribution is 0.210. The van der Waals surface area contributed by atoms with Crippen LogP contribution in [0.5, 0.6) is 0 Å². The van der Waals surface area contributed by atoms with Crippen molar-refractivity contribution in [3.8, 4) is 0 Å².